The lowest BCUT2D eigenvalue weighted by Gasteiger charge is -1.98. The lowest BCUT2D eigenvalue weighted by molar-refractivity contribution is -0.143. The van der Waals surface area contributed by atoms with Crippen LogP contribution in [0.4, 0.5) is 0 Å². The fourth-order valence-corrected chi connectivity index (χ4v) is 1.33. The number of hydrogen-bond acceptors (Lipinski definition) is 3. The van der Waals surface area contributed by atoms with Crippen LogP contribution in [0.5, 0.6) is 0 Å². The molecule has 94 valence electrons. The van der Waals surface area contributed by atoms with Crippen molar-refractivity contribution in [2.45, 2.75) is 0 Å². The molecule has 0 saturated heterocycles. The molecule has 3 nitrogen and oxygen atoms in total. The van der Waals surface area contributed by atoms with E-state index in [-0.39, 0.29) is 0 Å². The Balaban J connectivity index is 0.000000232. The molecule has 0 atom stereocenters. The Morgan fingerprint density at radius 3 is 1.56 bits per heavy atom. The summed E-state index contributed by atoms with van der Waals surface area (Å²) < 4.78 is 4.01. The summed E-state index contributed by atoms with van der Waals surface area (Å²) in [6.45, 7) is -0.531. The van der Waals surface area contributed by atoms with Crippen molar-refractivity contribution < 1.29 is 14.6 Å². The molecular formula is C15H16O3. The molecule has 18 heavy (non-hydrogen) atoms. The normalized spacial score (nSPS) is 9.00. The van der Waals surface area contributed by atoms with Crippen LogP contribution in [0.3, 0.4) is 0 Å². The first kappa shape index (κ1) is 13.9. The molecule has 0 radical (unpaired) electrons. The van der Waals surface area contributed by atoms with Crippen LogP contribution in [0.1, 0.15) is 0 Å². The molecule has 0 aromatic heterocycles. The second-order valence-corrected chi connectivity index (χ2v) is 3.47. The summed E-state index contributed by atoms with van der Waals surface area (Å²) >= 11 is 0. The Morgan fingerprint density at radius 2 is 1.33 bits per heavy atom. The number of methoxy groups -OCH3 is 1. The summed E-state index contributed by atoms with van der Waals surface area (Å²) in [5.41, 5.74) is 2.55. The molecule has 3 heteroatoms. The summed E-state index contributed by atoms with van der Waals surface area (Å²) in [6.07, 6.45) is 0. The van der Waals surface area contributed by atoms with E-state index in [1.165, 1.54) is 18.2 Å². The van der Waals surface area contributed by atoms with Gasteiger partial charge < -0.3 is 9.84 Å². The van der Waals surface area contributed by atoms with Gasteiger partial charge in [-0.05, 0) is 11.1 Å². The zero-order valence-corrected chi connectivity index (χ0v) is 10.2. The molecule has 0 aliphatic rings. The summed E-state index contributed by atoms with van der Waals surface area (Å²) in [4.78, 5) is 9.71. The van der Waals surface area contributed by atoms with E-state index < -0.39 is 12.6 Å². The molecule has 0 heterocycles. The third kappa shape index (κ3) is 4.80. The van der Waals surface area contributed by atoms with E-state index in [0.29, 0.717) is 0 Å². The van der Waals surface area contributed by atoms with Gasteiger partial charge in [0.1, 0.15) is 6.61 Å². The lowest BCUT2D eigenvalue weighted by Crippen LogP contribution is -2.04. The predicted molar refractivity (Wildman–Crippen MR) is 71.0 cm³/mol. The fourth-order valence-electron chi connectivity index (χ4n) is 1.33. The minimum Gasteiger partial charge on any atom is -0.467 e. The van der Waals surface area contributed by atoms with Crippen molar-refractivity contribution in [2.24, 2.45) is 0 Å². The van der Waals surface area contributed by atoms with Crippen LogP contribution < -0.4 is 0 Å². The second-order valence-electron chi connectivity index (χ2n) is 3.47. The summed E-state index contributed by atoms with van der Waals surface area (Å²) in [5.74, 6) is -0.602. The monoisotopic (exact) mass is 244 g/mol. The average Bonchev–Trinajstić information content (AvgIpc) is 2.49. The largest absolute Gasteiger partial charge is 0.467 e. The van der Waals surface area contributed by atoms with Gasteiger partial charge in [-0.1, -0.05) is 60.7 Å². The highest BCUT2D eigenvalue weighted by Gasteiger charge is 1.91. The molecule has 0 aliphatic carbocycles. The Hall–Kier alpha value is -2.13. The highest BCUT2D eigenvalue weighted by molar-refractivity contribution is 5.70. The van der Waals surface area contributed by atoms with Gasteiger partial charge in [0.05, 0.1) is 7.11 Å². The molecule has 0 bridgehead atoms. The highest BCUT2D eigenvalue weighted by Crippen LogP contribution is 2.17. The van der Waals surface area contributed by atoms with E-state index in [2.05, 4.69) is 53.3 Å². The van der Waals surface area contributed by atoms with Crippen LogP contribution in [-0.2, 0) is 9.53 Å². The van der Waals surface area contributed by atoms with Crippen LogP contribution in [0, 0.1) is 0 Å². The molecule has 1 N–H and O–H groups in total. The molecule has 0 spiro atoms. The van der Waals surface area contributed by atoms with Gasteiger partial charge >= 0.3 is 5.97 Å². The van der Waals surface area contributed by atoms with Crippen molar-refractivity contribution in [3.05, 3.63) is 60.7 Å². The number of carbonyl (C=O) groups is 1. The van der Waals surface area contributed by atoms with Gasteiger partial charge in [0, 0.05) is 0 Å². The first-order valence-electron chi connectivity index (χ1n) is 5.56. The molecule has 2 rings (SSSR count). The van der Waals surface area contributed by atoms with E-state index in [1.807, 2.05) is 12.1 Å². The average molecular weight is 244 g/mol. The highest BCUT2D eigenvalue weighted by atomic mass is 16.5. The molecule has 0 saturated carbocycles. The van der Waals surface area contributed by atoms with Crippen molar-refractivity contribution in [1.82, 2.24) is 0 Å². The van der Waals surface area contributed by atoms with Gasteiger partial charge in [-0.15, -0.1) is 0 Å². The summed E-state index contributed by atoms with van der Waals surface area (Å²) in [6, 6.07) is 20.8. The van der Waals surface area contributed by atoms with Crippen LogP contribution in [0.25, 0.3) is 11.1 Å². The SMILES string of the molecule is COC(=O)CO.c1ccc(-c2ccccc2)cc1. The maximum atomic E-state index is 9.71. The van der Waals surface area contributed by atoms with Crippen molar-refractivity contribution in [2.75, 3.05) is 13.7 Å². The molecule has 0 unspecified atom stereocenters. The van der Waals surface area contributed by atoms with Crippen molar-refractivity contribution in [3.63, 3.8) is 0 Å². The Kier molecular flexibility index (Phi) is 6.22. The van der Waals surface area contributed by atoms with Crippen molar-refractivity contribution in [3.8, 4) is 11.1 Å². The Bertz CT molecular complexity index is 408. The van der Waals surface area contributed by atoms with E-state index in [4.69, 9.17) is 5.11 Å². The maximum absolute atomic E-state index is 9.71. The third-order valence-electron chi connectivity index (χ3n) is 2.24. The first-order valence-corrected chi connectivity index (χ1v) is 5.56. The number of benzene rings is 2. The zero-order chi connectivity index (χ0) is 13.2. The number of hydrogen-bond donors (Lipinski definition) is 1. The lowest BCUT2D eigenvalue weighted by atomic mass is 10.1. The summed E-state index contributed by atoms with van der Waals surface area (Å²) in [7, 11) is 1.22. The second kappa shape index (κ2) is 8.03. The van der Waals surface area contributed by atoms with Gasteiger partial charge in [-0.2, -0.15) is 0 Å². The number of esters is 1. The van der Waals surface area contributed by atoms with Crippen LogP contribution in [-0.4, -0.2) is 24.8 Å². The number of ether oxygens (including phenoxy) is 1. The number of aliphatic hydroxyl groups excluding tert-OH is 1. The summed E-state index contributed by atoms with van der Waals surface area (Å²) in [5, 5.41) is 7.86. The van der Waals surface area contributed by atoms with Crippen LogP contribution in [0.2, 0.25) is 0 Å². The number of carbonyl (C=O) groups excluding carboxylic acids is 1. The minimum absolute atomic E-state index is 0.531. The van der Waals surface area contributed by atoms with Gasteiger partial charge in [0.2, 0.25) is 0 Å². The van der Waals surface area contributed by atoms with Gasteiger partial charge in [-0.25, -0.2) is 4.79 Å². The van der Waals surface area contributed by atoms with Crippen molar-refractivity contribution >= 4 is 5.97 Å². The molecule has 0 aliphatic heterocycles. The first-order chi connectivity index (χ1) is 8.77. The van der Waals surface area contributed by atoms with E-state index in [0.717, 1.165) is 0 Å². The molecule has 0 amide bonds. The van der Waals surface area contributed by atoms with Crippen LogP contribution >= 0.6 is 0 Å². The zero-order valence-electron chi connectivity index (χ0n) is 10.2. The van der Waals surface area contributed by atoms with E-state index in [1.54, 1.807) is 0 Å². The van der Waals surface area contributed by atoms with E-state index in [9.17, 15) is 4.79 Å². The maximum Gasteiger partial charge on any atom is 0.331 e. The Morgan fingerprint density at radius 1 is 0.944 bits per heavy atom. The molecular weight excluding hydrogens is 228 g/mol. The van der Waals surface area contributed by atoms with Gasteiger partial charge in [0.25, 0.3) is 0 Å². The van der Waals surface area contributed by atoms with Gasteiger partial charge in [-0.3, -0.25) is 0 Å². The minimum atomic E-state index is -0.602. The Labute approximate surface area is 107 Å². The molecule has 2 aromatic rings. The van der Waals surface area contributed by atoms with Crippen LogP contribution in [0.15, 0.2) is 60.7 Å². The quantitative estimate of drug-likeness (QED) is 0.826. The predicted octanol–water partition coefficient (Wildman–Crippen LogP) is 2.51. The molecule has 0 fully saturated rings. The van der Waals surface area contributed by atoms with E-state index >= 15 is 0 Å². The van der Waals surface area contributed by atoms with Crippen molar-refractivity contribution in [1.29, 1.82) is 0 Å². The molecule has 2 aromatic carbocycles. The third-order valence-corrected chi connectivity index (χ3v) is 2.24. The number of aliphatic hydroxyl groups is 1. The fraction of sp³-hybridized carbons (Fsp3) is 0.133. The smallest absolute Gasteiger partial charge is 0.331 e. The topological polar surface area (TPSA) is 46.5 Å². The number of rotatable bonds is 2. The van der Waals surface area contributed by atoms with Gasteiger partial charge in [0.15, 0.2) is 0 Å². The standard InChI is InChI=1S/C12H10.C3H6O3/c1-3-7-11(8-4-1)12-9-5-2-6-10-12;1-6-3(5)2-4/h1-10H;4H,2H2,1H3.